The second-order valence-electron chi connectivity index (χ2n) is 5.35. The molecule has 3 rings (SSSR count). The lowest BCUT2D eigenvalue weighted by molar-refractivity contribution is 0.208. The van der Waals surface area contributed by atoms with E-state index in [2.05, 4.69) is 15.5 Å². The average Bonchev–Trinajstić information content (AvgIpc) is 3.27. The van der Waals surface area contributed by atoms with Gasteiger partial charge in [-0.05, 0) is 25.3 Å². The maximum absolute atomic E-state index is 12.3. The van der Waals surface area contributed by atoms with Gasteiger partial charge in [-0.15, -0.1) is 10.2 Å². The Kier molecular flexibility index (Phi) is 3.88. The summed E-state index contributed by atoms with van der Waals surface area (Å²) in [5.41, 5.74) is 1.10. The Hall–Kier alpha value is -1.95. The maximum Gasteiger partial charge on any atom is 0.323 e. The fourth-order valence-corrected chi connectivity index (χ4v) is 2.99. The minimum atomic E-state index is -0.162. The molecule has 1 N–H and O–H groups in total. The number of carbonyl (C=O) groups is 1. The molecular formula is C15H18N4OS. The quantitative estimate of drug-likeness (QED) is 0.938. The molecule has 1 fully saturated rings. The first-order valence-electron chi connectivity index (χ1n) is 7.07. The molecule has 5 nitrogen and oxygen atoms in total. The van der Waals surface area contributed by atoms with Gasteiger partial charge in [-0.1, -0.05) is 41.7 Å². The third-order valence-electron chi connectivity index (χ3n) is 3.76. The second-order valence-corrected chi connectivity index (χ2v) is 6.36. The molecule has 110 valence electrons. The molecule has 2 aromatic rings. The summed E-state index contributed by atoms with van der Waals surface area (Å²) in [6.07, 6.45) is 2.38. The van der Waals surface area contributed by atoms with Crippen molar-refractivity contribution in [1.29, 1.82) is 0 Å². The molecule has 1 aliphatic rings. The van der Waals surface area contributed by atoms with E-state index in [1.54, 1.807) is 11.9 Å². The average molecular weight is 302 g/mol. The number of hydrogen-bond donors (Lipinski definition) is 1. The van der Waals surface area contributed by atoms with Crippen molar-refractivity contribution in [2.24, 2.45) is 0 Å². The van der Waals surface area contributed by atoms with Crippen LogP contribution in [-0.4, -0.2) is 28.2 Å². The van der Waals surface area contributed by atoms with Crippen molar-refractivity contribution in [3.8, 4) is 0 Å². The number of urea groups is 1. The van der Waals surface area contributed by atoms with Gasteiger partial charge in [0.15, 0.2) is 0 Å². The highest BCUT2D eigenvalue weighted by atomic mass is 32.1. The van der Waals surface area contributed by atoms with Crippen LogP contribution < -0.4 is 5.32 Å². The van der Waals surface area contributed by atoms with Gasteiger partial charge in [0.2, 0.25) is 5.13 Å². The number of hydrogen-bond acceptors (Lipinski definition) is 4. The van der Waals surface area contributed by atoms with Crippen LogP contribution in [0.3, 0.4) is 0 Å². The van der Waals surface area contributed by atoms with Gasteiger partial charge < -0.3 is 4.90 Å². The number of carbonyl (C=O) groups excluding carboxylic acids is 1. The molecule has 0 aliphatic heterocycles. The first-order chi connectivity index (χ1) is 10.1. The first-order valence-corrected chi connectivity index (χ1v) is 7.89. The van der Waals surface area contributed by atoms with Crippen LogP contribution >= 0.6 is 11.3 Å². The summed E-state index contributed by atoms with van der Waals surface area (Å²) in [4.78, 5) is 13.9. The molecule has 6 heteroatoms. The topological polar surface area (TPSA) is 58.1 Å². The number of benzene rings is 1. The highest BCUT2D eigenvalue weighted by molar-refractivity contribution is 7.15. The van der Waals surface area contributed by atoms with Gasteiger partial charge in [0, 0.05) is 13.0 Å². The van der Waals surface area contributed by atoms with Gasteiger partial charge >= 0.3 is 6.03 Å². The Morgan fingerprint density at radius 1 is 1.33 bits per heavy atom. The van der Waals surface area contributed by atoms with Crippen LogP contribution in [0.25, 0.3) is 0 Å². The van der Waals surface area contributed by atoms with E-state index in [9.17, 15) is 4.79 Å². The third-order valence-corrected chi connectivity index (χ3v) is 4.77. The molecule has 1 aromatic carbocycles. The van der Waals surface area contributed by atoms with E-state index >= 15 is 0 Å². The van der Waals surface area contributed by atoms with E-state index in [0.717, 1.165) is 10.6 Å². The molecule has 0 saturated heterocycles. The number of nitrogens with zero attached hydrogens (tertiary/aromatic N) is 3. The Morgan fingerprint density at radius 2 is 2.05 bits per heavy atom. The van der Waals surface area contributed by atoms with Crippen LogP contribution in [0.1, 0.15) is 42.3 Å². The Morgan fingerprint density at radius 3 is 2.71 bits per heavy atom. The molecule has 1 atom stereocenters. The summed E-state index contributed by atoms with van der Waals surface area (Å²) >= 11 is 1.48. The smallest absolute Gasteiger partial charge is 0.321 e. The normalized spacial score (nSPS) is 15.5. The van der Waals surface area contributed by atoms with E-state index in [-0.39, 0.29) is 12.1 Å². The Balaban J connectivity index is 1.63. The van der Waals surface area contributed by atoms with E-state index in [0.29, 0.717) is 11.0 Å². The summed E-state index contributed by atoms with van der Waals surface area (Å²) in [5.74, 6) is 0.564. The summed E-state index contributed by atoms with van der Waals surface area (Å²) in [5, 5.41) is 12.6. The van der Waals surface area contributed by atoms with Crippen molar-refractivity contribution in [1.82, 2.24) is 15.1 Å². The number of aromatic nitrogens is 2. The Bertz CT molecular complexity index is 624. The van der Waals surface area contributed by atoms with Crippen LogP contribution in [0.5, 0.6) is 0 Å². The van der Waals surface area contributed by atoms with Crippen LogP contribution in [0.4, 0.5) is 9.93 Å². The van der Waals surface area contributed by atoms with Crippen molar-refractivity contribution >= 4 is 22.5 Å². The molecule has 1 aromatic heterocycles. The summed E-state index contributed by atoms with van der Waals surface area (Å²) in [6, 6.07) is 9.80. The number of nitrogens with one attached hydrogen (secondary N) is 1. The molecular weight excluding hydrogens is 284 g/mol. The van der Waals surface area contributed by atoms with E-state index in [4.69, 9.17) is 0 Å². The number of rotatable bonds is 4. The Labute approximate surface area is 128 Å². The lowest BCUT2D eigenvalue weighted by atomic mass is 10.1. The number of anilines is 1. The predicted octanol–water partition coefficient (Wildman–Crippen LogP) is 3.64. The monoisotopic (exact) mass is 302 g/mol. The molecule has 1 saturated carbocycles. The third kappa shape index (κ3) is 3.21. The standard InChI is InChI=1S/C15H18N4OS/c1-10(11-6-4-3-5-7-11)19(2)15(20)16-14-18-17-13(21-14)12-8-9-12/h3-7,10,12H,8-9H2,1-2H3,(H,16,18,20). The molecule has 2 amide bonds. The first kappa shape index (κ1) is 14.0. The zero-order valence-corrected chi connectivity index (χ0v) is 12.9. The second kappa shape index (κ2) is 5.81. The molecule has 0 radical (unpaired) electrons. The fraction of sp³-hybridized carbons (Fsp3) is 0.400. The summed E-state index contributed by atoms with van der Waals surface area (Å²) in [7, 11) is 1.79. The largest absolute Gasteiger partial charge is 0.323 e. The molecule has 0 bridgehead atoms. The number of amides is 2. The molecule has 1 aliphatic carbocycles. The highest BCUT2D eigenvalue weighted by Gasteiger charge is 2.28. The maximum atomic E-state index is 12.3. The fourth-order valence-electron chi connectivity index (χ4n) is 2.09. The van der Waals surface area contributed by atoms with Crippen molar-refractivity contribution in [2.75, 3.05) is 12.4 Å². The van der Waals surface area contributed by atoms with Crippen LogP contribution in [-0.2, 0) is 0 Å². The highest BCUT2D eigenvalue weighted by Crippen LogP contribution is 2.42. The van der Waals surface area contributed by atoms with E-state index in [1.807, 2.05) is 37.3 Å². The van der Waals surface area contributed by atoms with Gasteiger partial charge in [-0.3, -0.25) is 5.32 Å². The van der Waals surface area contributed by atoms with Crippen LogP contribution in [0.15, 0.2) is 30.3 Å². The van der Waals surface area contributed by atoms with Gasteiger partial charge in [0.25, 0.3) is 0 Å². The van der Waals surface area contributed by atoms with E-state index < -0.39 is 0 Å². The van der Waals surface area contributed by atoms with Crippen molar-refractivity contribution < 1.29 is 4.79 Å². The van der Waals surface area contributed by atoms with Crippen LogP contribution in [0.2, 0.25) is 0 Å². The van der Waals surface area contributed by atoms with Crippen molar-refractivity contribution in [3.63, 3.8) is 0 Å². The van der Waals surface area contributed by atoms with Crippen LogP contribution in [0, 0.1) is 0 Å². The SMILES string of the molecule is CC(c1ccccc1)N(C)C(=O)Nc1nnc(C2CC2)s1. The lowest BCUT2D eigenvalue weighted by Gasteiger charge is -2.24. The predicted molar refractivity (Wildman–Crippen MR) is 83.5 cm³/mol. The van der Waals surface area contributed by atoms with Gasteiger partial charge in [0.05, 0.1) is 6.04 Å². The molecule has 21 heavy (non-hydrogen) atoms. The lowest BCUT2D eigenvalue weighted by Crippen LogP contribution is -2.33. The summed E-state index contributed by atoms with van der Waals surface area (Å²) < 4.78 is 0. The zero-order chi connectivity index (χ0) is 14.8. The van der Waals surface area contributed by atoms with Crippen molar-refractivity contribution in [3.05, 3.63) is 40.9 Å². The molecule has 0 spiro atoms. The van der Waals surface area contributed by atoms with E-state index in [1.165, 1.54) is 24.2 Å². The van der Waals surface area contributed by atoms with Gasteiger partial charge in [-0.25, -0.2) is 4.79 Å². The van der Waals surface area contributed by atoms with Gasteiger partial charge in [0.1, 0.15) is 5.01 Å². The molecule has 1 heterocycles. The minimum Gasteiger partial charge on any atom is -0.321 e. The minimum absolute atomic E-state index is 0.00187. The zero-order valence-electron chi connectivity index (χ0n) is 12.1. The summed E-state index contributed by atoms with van der Waals surface area (Å²) in [6.45, 7) is 2.00. The van der Waals surface area contributed by atoms with Gasteiger partial charge in [-0.2, -0.15) is 0 Å². The van der Waals surface area contributed by atoms with Crippen molar-refractivity contribution in [2.45, 2.75) is 31.7 Å². The molecule has 1 unspecified atom stereocenters.